The topological polar surface area (TPSA) is 53.6 Å². The van der Waals surface area contributed by atoms with Gasteiger partial charge in [0.15, 0.2) is 0 Å². The van der Waals surface area contributed by atoms with Crippen LogP contribution in [0.4, 0.5) is 23.0 Å². The Bertz CT molecular complexity index is 1070. The van der Waals surface area contributed by atoms with Crippen LogP contribution in [0.25, 0.3) is 5.76 Å². The van der Waals surface area contributed by atoms with Gasteiger partial charge in [0.25, 0.3) is 0 Å². The highest BCUT2D eigenvalue weighted by atomic mass is 32.1. The highest BCUT2D eigenvalue weighted by Crippen LogP contribution is 2.43. The molecule has 0 radical (unpaired) electrons. The van der Waals surface area contributed by atoms with Gasteiger partial charge < -0.3 is 10.1 Å². The number of thiophene rings is 2. The van der Waals surface area contributed by atoms with Gasteiger partial charge >= 0.3 is 12.2 Å². The minimum Gasteiger partial charge on any atom is -0.494 e. The Labute approximate surface area is 206 Å². The minimum absolute atomic E-state index is 0.161. The van der Waals surface area contributed by atoms with Gasteiger partial charge in [-0.15, -0.1) is 22.7 Å². The molecule has 1 aliphatic carbocycles. The molecule has 2 aliphatic rings. The van der Waals surface area contributed by atoms with Gasteiger partial charge in [-0.2, -0.15) is 13.2 Å². The first-order valence-electron chi connectivity index (χ1n) is 11.7. The second-order valence-electron chi connectivity index (χ2n) is 8.51. The van der Waals surface area contributed by atoms with Crippen LogP contribution < -0.4 is 10.6 Å². The lowest BCUT2D eigenvalue weighted by atomic mass is 9.95. The van der Waals surface area contributed by atoms with Crippen molar-refractivity contribution >= 4 is 39.5 Å². The second kappa shape index (κ2) is 10.3. The van der Waals surface area contributed by atoms with Gasteiger partial charge in [-0.3, -0.25) is 10.2 Å². The van der Waals surface area contributed by atoms with Gasteiger partial charge in [-0.25, -0.2) is 4.79 Å². The fourth-order valence-electron chi connectivity index (χ4n) is 4.72. The summed E-state index contributed by atoms with van der Waals surface area (Å²) < 4.78 is 47.0. The predicted octanol–water partition coefficient (Wildman–Crippen LogP) is 6.41. The average molecular weight is 514 g/mol. The molecule has 0 aromatic carbocycles. The van der Waals surface area contributed by atoms with E-state index >= 15 is 0 Å². The Morgan fingerprint density at radius 3 is 2.59 bits per heavy atom. The molecule has 2 aromatic rings. The van der Waals surface area contributed by atoms with E-state index in [2.05, 4.69) is 22.1 Å². The summed E-state index contributed by atoms with van der Waals surface area (Å²) in [6, 6.07) is -0.525. The summed E-state index contributed by atoms with van der Waals surface area (Å²) in [7, 11) is 0. The molecule has 0 spiro atoms. The fraction of sp³-hybridized carbons (Fsp3) is 0.542. The van der Waals surface area contributed by atoms with Crippen LogP contribution in [-0.2, 0) is 43.3 Å². The lowest BCUT2D eigenvalue weighted by Crippen LogP contribution is -2.31. The number of rotatable bonds is 7. The molecule has 186 valence electrons. The van der Waals surface area contributed by atoms with E-state index < -0.39 is 17.1 Å². The molecule has 2 N–H and O–H groups in total. The number of hydrogen-bond donors (Lipinski definition) is 2. The van der Waals surface area contributed by atoms with Crippen LogP contribution >= 0.6 is 22.7 Å². The third-order valence-electron chi connectivity index (χ3n) is 6.37. The van der Waals surface area contributed by atoms with Crippen LogP contribution in [0.15, 0.2) is 6.58 Å². The van der Waals surface area contributed by atoms with Crippen molar-refractivity contribution < 1.29 is 22.7 Å². The number of ether oxygens (including phenoxy) is 1. The van der Waals surface area contributed by atoms with Crippen molar-refractivity contribution in [1.82, 2.24) is 10.2 Å². The summed E-state index contributed by atoms with van der Waals surface area (Å²) in [5, 5.41) is 6.19. The molecule has 3 heterocycles. The van der Waals surface area contributed by atoms with E-state index in [0.29, 0.717) is 30.3 Å². The molecular weight excluding hydrogens is 483 g/mol. The summed E-state index contributed by atoms with van der Waals surface area (Å²) in [4.78, 5) is 16.3. The normalized spacial score (nSPS) is 16.0. The lowest BCUT2D eigenvalue weighted by molar-refractivity contribution is -0.135. The first-order chi connectivity index (χ1) is 16.2. The zero-order chi connectivity index (χ0) is 24.5. The Hall–Kier alpha value is -2.04. The SMILES string of the molecule is C=C(OCC)c1c(NC(=O)NCc2c(C(F)(F)F)sc3c2CCN(CC)C3)sc2c1CCCC2. The van der Waals surface area contributed by atoms with Crippen LogP contribution in [0.1, 0.15) is 63.6 Å². The number of nitrogens with zero attached hydrogens (tertiary/aromatic N) is 1. The smallest absolute Gasteiger partial charge is 0.425 e. The number of hydrogen-bond acceptors (Lipinski definition) is 5. The van der Waals surface area contributed by atoms with E-state index in [1.807, 2.05) is 13.8 Å². The summed E-state index contributed by atoms with van der Waals surface area (Å²) >= 11 is 2.31. The van der Waals surface area contributed by atoms with Crippen molar-refractivity contribution in [3.05, 3.63) is 43.5 Å². The average Bonchev–Trinajstić information content (AvgIpc) is 3.35. The Morgan fingerprint density at radius 1 is 1.12 bits per heavy atom. The molecule has 1 aliphatic heterocycles. The summed E-state index contributed by atoms with van der Waals surface area (Å²) in [6.45, 7) is 10.3. The number of fused-ring (bicyclic) bond motifs is 2. The maximum atomic E-state index is 13.8. The fourth-order valence-corrected chi connectivity index (χ4v) is 7.30. The van der Waals surface area contributed by atoms with E-state index in [1.54, 1.807) is 0 Å². The molecule has 2 aromatic heterocycles. The second-order valence-corrected chi connectivity index (χ2v) is 10.7. The highest BCUT2D eigenvalue weighted by Gasteiger charge is 2.39. The zero-order valence-corrected chi connectivity index (χ0v) is 21.1. The number of carbonyl (C=O) groups is 1. The molecule has 0 atom stereocenters. The number of halogens is 3. The van der Waals surface area contributed by atoms with Crippen molar-refractivity contribution in [3.8, 4) is 0 Å². The number of carbonyl (C=O) groups excluding carboxylic acids is 1. The molecule has 34 heavy (non-hydrogen) atoms. The van der Waals surface area contributed by atoms with Gasteiger partial charge in [0, 0.05) is 29.4 Å². The lowest BCUT2D eigenvalue weighted by Gasteiger charge is -2.25. The van der Waals surface area contributed by atoms with E-state index in [-0.39, 0.29) is 12.1 Å². The quantitative estimate of drug-likeness (QED) is 0.421. The zero-order valence-electron chi connectivity index (χ0n) is 19.5. The summed E-state index contributed by atoms with van der Waals surface area (Å²) in [5.74, 6) is 0.518. The molecule has 0 saturated carbocycles. The molecule has 2 amide bonds. The number of aryl methyl sites for hydroxylation is 1. The van der Waals surface area contributed by atoms with E-state index in [9.17, 15) is 18.0 Å². The third kappa shape index (κ3) is 5.13. The Kier molecular flexibility index (Phi) is 7.59. The maximum Gasteiger partial charge on any atom is 0.425 e. The minimum atomic E-state index is -4.44. The molecule has 10 heteroatoms. The van der Waals surface area contributed by atoms with Crippen molar-refractivity contribution in [2.75, 3.05) is 25.0 Å². The predicted molar refractivity (Wildman–Crippen MR) is 131 cm³/mol. The van der Waals surface area contributed by atoms with E-state index in [4.69, 9.17) is 4.74 Å². The first kappa shape index (κ1) is 25.1. The number of urea groups is 1. The van der Waals surface area contributed by atoms with Crippen LogP contribution in [0.3, 0.4) is 0 Å². The van der Waals surface area contributed by atoms with Gasteiger partial charge in [0.2, 0.25) is 0 Å². The summed E-state index contributed by atoms with van der Waals surface area (Å²) in [5.41, 5.74) is 2.92. The van der Waals surface area contributed by atoms with Crippen LogP contribution in [0.5, 0.6) is 0 Å². The van der Waals surface area contributed by atoms with E-state index in [1.165, 1.54) is 16.2 Å². The van der Waals surface area contributed by atoms with Gasteiger partial charge in [0.1, 0.15) is 15.6 Å². The number of alkyl halides is 3. The largest absolute Gasteiger partial charge is 0.494 e. The Balaban J connectivity index is 1.53. The Morgan fingerprint density at radius 2 is 1.88 bits per heavy atom. The highest BCUT2D eigenvalue weighted by molar-refractivity contribution is 7.16. The maximum absolute atomic E-state index is 13.8. The molecule has 0 bridgehead atoms. The van der Waals surface area contributed by atoms with Crippen LogP contribution in [0, 0.1) is 0 Å². The molecule has 0 saturated heterocycles. The van der Waals surface area contributed by atoms with E-state index in [0.717, 1.165) is 71.7 Å². The third-order valence-corrected chi connectivity index (χ3v) is 8.88. The number of anilines is 1. The van der Waals surface area contributed by atoms with Crippen molar-refractivity contribution in [1.29, 1.82) is 0 Å². The van der Waals surface area contributed by atoms with Crippen molar-refractivity contribution in [2.24, 2.45) is 0 Å². The number of amides is 2. The molecule has 0 fully saturated rings. The summed E-state index contributed by atoms with van der Waals surface area (Å²) in [6.07, 6.45) is 0.132. The monoisotopic (exact) mass is 513 g/mol. The molecule has 4 rings (SSSR count). The van der Waals surface area contributed by atoms with Crippen LogP contribution in [-0.4, -0.2) is 30.6 Å². The van der Waals surface area contributed by atoms with Gasteiger partial charge in [-0.1, -0.05) is 13.5 Å². The van der Waals surface area contributed by atoms with Crippen LogP contribution in [0.2, 0.25) is 0 Å². The molecule has 5 nitrogen and oxygen atoms in total. The van der Waals surface area contributed by atoms with Gasteiger partial charge in [-0.05, 0) is 62.3 Å². The van der Waals surface area contributed by atoms with Crippen molar-refractivity contribution in [3.63, 3.8) is 0 Å². The molecule has 0 unspecified atom stereocenters. The van der Waals surface area contributed by atoms with Crippen molar-refractivity contribution in [2.45, 2.75) is 65.2 Å². The standard InChI is InChI=1S/C24H30F3N3O2S2/c1-4-30-11-10-15-17(21(24(25,26)27)33-19(15)13-30)12-28-23(31)29-22-20(14(3)32-5-2)16-8-6-7-9-18(16)34-22/h3-13H2,1-2H3,(H2,28,29,31). The first-order valence-corrected chi connectivity index (χ1v) is 13.3. The number of likely N-dealkylation sites (N-methyl/N-ethyl adjacent to an activating group) is 1. The van der Waals surface area contributed by atoms with Gasteiger partial charge in [0.05, 0.1) is 12.2 Å². The number of nitrogens with one attached hydrogen (secondary N) is 2. The molecular formula is C24H30F3N3O2S2.